The molecule has 1 aliphatic carbocycles. The minimum atomic E-state index is -0.173. The summed E-state index contributed by atoms with van der Waals surface area (Å²) in [5.74, 6) is 0.510. The lowest BCUT2D eigenvalue weighted by molar-refractivity contribution is 0.271. The molecule has 0 saturated heterocycles. The van der Waals surface area contributed by atoms with Crippen LogP contribution in [0.15, 0.2) is 22.7 Å². The van der Waals surface area contributed by atoms with E-state index in [2.05, 4.69) is 28.2 Å². The van der Waals surface area contributed by atoms with E-state index in [0.717, 1.165) is 17.4 Å². The van der Waals surface area contributed by atoms with Crippen LogP contribution < -0.4 is 5.32 Å². The molecule has 1 unspecified atom stereocenters. The van der Waals surface area contributed by atoms with Crippen molar-refractivity contribution >= 4 is 15.9 Å². The van der Waals surface area contributed by atoms with E-state index in [1.807, 2.05) is 6.07 Å². The predicted molar refractivity (Wildman–Crippen MR) is 81.7 cm³/mol. The Morgan fingerprint density at radius 3 is 2.68 bits per heavy atom. The minimum Gasteiger partial charge on any atom is -0.310 e. The molecule has 2 rings (SSSR count). The molecule has 1 N–H and O–H groups in total. The number of hydrogen-bond donors (Lipinski definition) is 1. The molecular formula is C16H23BrFN. The topological polar surface area (TPSA) is 12.0 Å². The Hall–Kier alpha value is -0.410. The Morgan fingerprint density at radius 1 is 1.32 bits per heavy atom. The summed E-state index contributed by atoms with van der Waals surface area (Å²) in [5.41, 5.74) is 1.21. The molecule has 0 spiro atoms. The van der Waals surface area contributed by atoms with Crippen LogP contribution in [0.3, 0.4) is 0 Å². The van der Waals surface area contributed by atoms with E-state index >= 15 is 0 Å². The van der Waals surface area contributed by atoms with Crippen molar-refractivity contribution in [3.05, 3.63) is 34.1 Å². The van der Waals surface area contributed by atoms with Gasteiger partial charge >= 0.3 is 0 Å². The fraction of sp³-hybridized carbons (Fsp3) is 0.625. The third kappa shape index (κ3) is 4.03. The third-order valence-corrected chi connectivity index (χ3v) is 4.72. The van der Waals surface area contributed by atoms with E-state index in [9.17, 15) is 4.39 Å². The van der Waals surface area contributed by atoms with Crippen LogP contribution in [0.25, 0.3) is 0 Å². The summed E-state index contributed by atoms with van der Waals surface area (Å²) in [5, 5.41) is 3.66. The van der Waals surface area contributed by atoms with Gasteiger partial charge in [0.25, 0.3) is 0 Å². The first kappa shape index (κ1) is 15.0. The number of benzene rings is 1. The predicted octanol–water partition coefficient (Wildman–Crippen LogP) is 5.21. The second-order valence-electron chi connectivity index (χ2n) is 5.50. The SMILES string of the molecule is CCCNC(c1ccc(F)cc1Br)C1CCCCC1. The fourth-order valence-electron chi connectivity index (χ4n) is 3.05. The van der Waals surface area contributed by atoms with Crippen molar-refractivity contribution in [3.63, 3.8) is 0 Å². The van der Waals surface area contributed by atoms with Gasteiger partial charge in [-0.2, -0.15) is 0 Å². The zero-order chi connectivity index (χ0) is 13.7. The summed E-state index contributed by atoms with van der Waals surface area (Å²) in [6.45, 7) is 3.20. The van der Waals surface area contributed by atoms with Crippen LogP contribution in [0, 0.1) is 11.7 Å². The first-order valence-electron chi connectivity index (χ1n) is 7.40. The lowest BCUT2D eigenvalue weighted by Crippen LogP contribution is -2.30. The largest absolute Gasteiger partial charge is 0.310 e. The second kappa shape index (κ2) is 7.39. The van der Waals surface area contributed by atoms with E-state index in [-0.39, 0.29) is 5.82 Å². The Labute approximate surface area is 124 Å². The minimum absolute atomic E-state index is 0.173. The summed E-state index contributed by atoms with van der Waals surface area (Å²) in [6.07, 6.45) is 7.71. The highest BCUT2D eigenvalue weighted by Crippen LogP contribution is 2.37. The van der Waals surface area contributed by atoms with E-state index in [1.54, 1.807) is 12.1 Å². The zero-order valence-electron chi connectivity index (χ0n) is 11.6. The molecule has 1 aromatic carbocycles. The van der Waals surface area contributed by atoms with Gasteiger partial charge in [-0.05, 0) is 49.4 Å². The lowest BCUT2D eigenvalue weighted by Gasteiger charge is -2.32. The molecule has 3 heteroatoms. The second-order valence-corrected chi connectivity index (χ2v) is 6.35. The van der Waals surface area contributed by atoms with Crippen LogP contribution >= 0.6 is 15.9 Å². The highest BCUT2D eigenvalue weighted by Gasteiger charge is 2.26. The van der Waals surface area contributed by atoms with Crippen LogP contribution in [0.2, 0.25) is 0 Å². The molecule has 0 radical (unpaired) electrons. The maximum absolute atomic E-state index is 13.3. The van der Waals surface area contributed by atoms with Crippen molar-refractivity contribution in [1.29, 1.82) is 0 Å². The third-order valence-electron chi connectivity index (χ3n) is 4.03. The van der Waals surface area contributed by atoms with E-state index in [1.165, 1.54) is 37.7 Å². The van der Waals surface area contributed by atoms with Crippen molar-refractivity contribution in [1.82, 2.24) is 5.32 Å². The molecule has 1 aromatic rings. The van der Waals surface area contributed by atoms with Crippen molar-refractivity contribution in [2.75, 3.05) is 6.54 Å². The van der Waals surface area contributed by atoms with Gasteiger partial charge in [-0.1, -0.05) is 48.2 Å². The Balaban J connectivity index is 2.19. The molecule has 1 fully saturated rings. The first-order valence-corrected chi connectivity index (χ1v) is 8.20. The molecule has 0 bridgehead atoms. The number of rotatable bonds is 5. The van der Waals surface area contributed by atoms with E-state index in [0.29, 0.717) is 12.0 Å². The summed E-state index contributed by atoms with van der Waals surface area (Å²) < 4.78 is 14.1. The van der Waals surface area contributed by atoms with Gasteiger partial charge in [-0.15, -0.1) is 0 Å². The van der Waals surface area contributed by atoms with Gasteiger partial charge in [-0.25, -0.2) is 4.39 Å². The summed E-state index contributed by atoms with van der Waals surface area (Å²) in [7, 11) is 0. The van der Waals surface area contributed by atoms with Crippen LogP contribution in [0.5, 0.6) is 0 Å². The van der Waals surface area contributed by atoms with Gasteiger partial charge in [0.05, 0.1) is 0 Å². The van der Waals surface area contributed by atoms with Crippen molar-refractivity contribution in [2.45, 2.75) is 51.5 Å². The molecule has 0 aliphatic heterocycles. The molecule has 1 atom stereocenters. The number of nitrogens with one attached hydrogen (secondary N) is 1. The zero-order valence-corrected chi connectivity index (χ0v) is 13.2. The molecule has 1 nitrogen and oxygen atoms in total. The van der Waals surface area contributed by atoms with Gasteiger partial charge in [0.2, 0.25) is 0 Å². The van der Waals surface area contributed by atoms with Crippen LogP contribution in [0.4, 0.5) is 4.39 Å². The van der Waals surface area contributed by atoms with Gasteiger partial charge < -0.3 is 5.32 Å². The van der Waals surface area contributed by atoms with E-state index in [4.69, 9.17) is 0 Å². The summed E-state index contributed by atoms with van der Waals surface area (Å²) in [6, 6.07) is 5.44. The standard InChI is InChI=1S/C16H23BrFN/c1-2-10-19-16(12-6-4-3-5-7-12)14-9-8-13(18)11-15(14)17/h8-9,11-12,16,19H,2-7,10H2,1H3. The monoisotopic (exact) mass is 327 g/mol. The fourth-order valence-corrected chi connectivity index (χ4v) is 3.65. The molecule has 0 amide bonds. The van der Waals surface area contributed by atoms with Gasteiger partial charge in [0, 0.05) is 10.5 Å². The smallest absolute Gasteiger partial charge is 0.124 e. The molecule has 0 aromatic heterocycles. The lowest BCUT2D eigenvalue weighted by atomic mass is 9.81. The van der Waals surface area contributed by atoms with Crippen molar-refractivity contribution < 1.29 is 4.39 Å². The van der Waals surface area contributed by atoms with Gasteiger partial charge in [0.15, 0.2) is 0 Å². The molecule has 106 valence electrons. The summed E-state index contributed by atoms with van der Waals surface area (Å²) in [4.78, 5) is 0. The first-order chi connectivity index (χ1) is 9.22. The maximum Gasteiger partial charge on any atom is 0.124 e. The van der Waals surface area contributed by atoms with Gasteiger partial charge in [-0.3, -0.25) is 0 Å². The molecule has 1 saturated carbocycles. The van der Waals surface area contributed by atoms with Crippen molar-refractivity contribution in [2.24, 2.45) is 5.92 Å². The van der Waals surface area contributed by atoms with Crippen LogP contribution in [0.1, 0.15) is 57.1 Å². The summed E-state index contributed by atoms with van der Waals surface area (Å²) >= 11 is 3.53. The number of hydrogen-bond acceptors (Lipinski definition) is 1. The molecule has 0 heterocycles. The van der Waals surface area contributed by atoms with E-state index < -0.39 is 0 Å². The quantitative estimate of drug-likeness (QED) is 0.782. The Bertz CT molecular complexity index is 402. The van der Waals surface area contributed by atoms with Crippen LogP contribution in [-0.2, 0) is 0 Å². The van der Waals surface area contributed by atoms with Crippen LogP contribution in [-0.4, -0.2) is 6.54 Å². The highest BCUT2D eigenvalue weighted by atomic mass is 79.9. The number of halogens is 2. The normalized spacial score (nSPS) is 18.5. The van der Waals surface area contributed by atoms with Gasteiger partial charge in [0.1, 0.15) is 5.82 Å². The van der Waals surface area contributed by atoms with Crippen molar-refractivity contribution in [3.8, 4) is 0 Å². The highest BCUT2D eigenvalue weighted by molar-refractivity contribution is 9.10. The average molecular weight is 328 g/mol. The molecule has 19 heavy (non-hydrogen) atoms. The molecular weight excluding hydrogens is 305 g/mol. The average Bonchev–Trinajstić information content (AvgIpc) is 2.42. The Morgan fingerprint density at radius 2 is 2.05 bits per heavy atom. The maximum atomic E-state index is 13.3. The Kier molecular flexibility index (Phi) is 5.83. The molecule has 1 aliphatic rings.